The number of rotatable bonds is 2. The molecule has 46 heavy (non-hydrogen) atoms. The Kier molecular flexibility index (Phi) is 10.4. The molecule has 6 heterocycles. The number of aryl methyl sites for hydroxylation is 1. The number of anilines is 1. The first-order valence-corrected chi connectivity index (χ1v) is 17.8. The molecule has 1 aromatic carbocycles. The molecule has 0 saturated carbocycles. The molecule has 7 nitrogen and oxygen atoms in total. The van der Waals surface area contributed by atoms with Crippen molar-refractivity contribution < 1.29 is 8.78 Å². The zero-order chi connectivity index (χ0) is 32.3. The monoisotopic (exact) mass is 634 g/mol. The molecule has 2 fully saturated rings. The van der Waals surface area contributed by atoms with Gasteiger partial charge in [-0.2, -0.15) is 0 Å². The predicted molar refractivity (Wildman–Crippen MR) is 182 cm³/mol. The summed E-state index contributed by atoms with van der Waals surface area (Å²) in [5.41, 5.74) is 2.45. The van der Waals surface area contributed by atoms with Crippen molar-refractivity contribution in [2.75, 3.05) is 38.0 Å². The minimum Gasteiger partial charge on any atom is -0.363 e. The van der Waals surface area contributed by atoms with Gasteiger partial charge in [0.05, 0.1) is 5.39 Å². The van der Waals surface area contributed by atoms with Gasteiger partial charge in [-0.05, 0) is 116 Å². The second kappa shape index (κ2) is 14.5. The Hall–Kier alpha value is -2.91. The lowest BCUT2D eigenvalue weighted by Gasteiger charge is -2.36. The fourth-order valence-electron chi connectivity index (χ4n) is 7.92. The molecule has 9 heteroatoms. The van der Waals surface area contributed by atoms with Crippen molar-refractivity contribution in [1.82, 2.24) is 24.3 Å². The second-order valence-corrected chi connectivity index (χ2v) is 14.3. The van der Waals surface area contributed by atoms with Crippen LogP contribution in [0.25, 0.3) is 11.0 Å². The minimum atomic E-state index is -2.88. The lowest BCUT2D eigenvalue weighted by Crippen LogP contribution is -2.40. The maximum absolute atomic E-state index is 15.9. The molecule has 0 radical (unpaired) electrons. The molecular weight excluding hydrogens is 582 g/mol. The van der Waals surface area contributed by atoms with E-state index in [-0.39, 0.29) is 23.1 Å². The quantitative estimate of drug-likeness (QED) is 0.312. The third-order valence-corrected chi connectivity index (χ3v) is 10.9. The van der Waals surface area contributed by atoms with Gasteiger partial charge in [-0.15, -0.1) is 0 Å². The number of hydrogen-bond acceptors (Lipinski definition) is 6. The molecule has 2 aromatic heterocycles. The molecule has 8 bridgehead atoms. The Morgan fingerprint density at radius 2 is 1.57 bits per heavy atom. The van der Waals surface area contributed by atoms with Crippen molar-refractivity contribution in [2.24, 2.45) is 5.92 Å². The van der Waals surface area contributed by atoms with Crippen LogP contribution in [0, 0.1) is 5.92 Å². The average molecular weight is 635 g/mol. The van der Waals surface area contributed by atoms with E-state index in [0.717, 1.165) is 101 Å². The third kappa shape index (κ3) is 7.15. The van der Waals surface area contributed by atoms with E-state index < -0.39 is 11.8 Å². The van der Waals surface area contributed by atoms with Crippen LogP contribution in [0.1, 0.15) is 114 Å². The Morgan fingerprint density at radius 3 is 2.28 bits per heavy atom. The summed E-state index contributed by atoms with van der Waals surface area (Å²) in [7, 11) is 0. The van der Waals surface area contributed by atoms with E-state index in [1.165, 1.54) is 6.33 Å². The summed E-state index contributed by atoms with van der Waals surface area (Å²) in [5.74, 6) is -2.70. The molecule has 4 aliphatic heterocycles. The molecule has 1 atom stereocenters. The summed E-state index contributed by atoms with van der Waals surface area (Å²) < 4.78 is 33.7. The number of benzene rings is 1. The predicted octanol–water partition coefficient (Wildman–Crippen LogP) is 7.71. The Morgan fingerprint density at radius 1 is 0.870 bits per heavy atom. The number of likely N-dealkylation sites (tertiary alicyclic amines) is 1. The van der Waals surface area contributed by atoms with Crippen LogP contribution >= 0.6 is 0 Å². The molecule has 0 unspecified atom stereocenters. The molecule has 2 saturated heterocycles. The van der Waals surface area contributed by atoms with Gasteiger partial charge in [0.25, 0.3) is 11.5 Å². The van der Waals surface area contributed by atoms with Crippen LogP contribution in [0.4, 0.5) is 14.6 Å². The molecular formula is C37H52F2N6O. The topological polar surface area (TPSA) is 66.3 Å². The maximum Gasteiger partial charge on any atom is 0.276 e. The van der Waals surface area contributed by atoms with E-state index >= 15 is 8.78 Å². The number of piperidine rings is 2. The van der Waals surface area contributed by atoms with Gasteiger partial charge in [0.2, 0.25) is 0 Å². The van der Waals surface area contributed by atoms with Crippen LogP contribution in [0.2, 0.25) is 0 Å². The summed E-state index contributed by atoms with van der Waals surface area (Å²) in [6, 6.07) is 9.15. The number of aromatic nitrogens is 3. The largest absolute Gasteiger partial charge is 0.363 e. The average Bonchev–Trinajstić information content (AvgIpc) is 3.06. The Bertz CT molecular complexity index is 1520. The van der Waals surface area contributed by atoms with E-state index in [9.17, 15) is 4.79 Å². The van der Waals surface area contributed by atoms with Crippen LogP contribution < -0.4 is 10.9 Å². The van der Waals surface area contributed by atoms with E-state index in [0.29, 0.717) is 36.9 Å². The normalized spacial score (nSPS) is 25.7. The number of pyridine rings is 1. The van der Waals surface area contributed by atoms with Crippen molar-refractivity contribution in [3.8, 4) is 0 Å². The SMILES string of the molecule is CC(C)N1CCC(c2cc3c4ncnc3n(c2=O)CCCCCCCCN2CCC(CC2)C(F)(F)c2cccc(c2)[C@@H](C)N4)CC1. The number of nitrogens with one attached hydrogen (secondary N) is 1. The zero-order valence-electron chi connectivity index (χ0n) is 28.0. The third-order valence-electron chi connectivity index (χ3n) is 10.9. The van der Waals surface area contributed by atoms with Gasteiger partial charge in [0.1, 0.15) is 17.8 Å². The summed E-state index contributed by atoms with van der Waals surface area (Å²) >= 11 is 0. The smallest absolute Gasteiger partial charge is 0.276 e. The fourth-order valence-corrected chi connectivity index (χ4v) is 7.92. The number of fused-ring (bicyclic) bond motifs is 10. The highest BCUT2D eigenvalue weighted by atomic mass is 19.3. The summed E-state index contributed by atoms with van der Waals surface area (Å²) in [6.07, 6.45) is 11.0. The fraction of sp³-hybridized carbons (Fsp3) is 0.649. The molecule has 7 rings (SSSR count). The van der Waals surface area contributed by atoms with Crippen molar-refractivity contribution >= 4 is 16.9 Å². The molecule has 250 valence electrons. The van der Waals surface area contributed by atoms with Crippen LogP contribution in [0.15, 0.2) is 41.5 Å². The second-order valence-electron chi connectivity index (χ2n) is 14.3. The standard InChI is InChI=1S/C37H52F2N6O/c1-26(2)44-21-13-28(14-22-44)32-24-33-34-40-25-41-35(33)45(36(32)46)18-9-7-5-4-6-8-17-43-19-15-30(16-20-43)37(38,39)31-12-10-11-29(23-31)27(3)42-34/h10-12,23-28,30H,4-9,13-22H2,1-3H3,(H,40,41,42)/t27-/m1/s1. The minimum absolute atomic E-state index is 0.0710. The molecule has 0 amide bonds. The maximum atomic E-state index is 15.9. The van der Waals surface area contributed by atoms with Crippen molar-refractivity contribution in [3.05, 3.63) is 63.7 Å². The van der Waals surface area contributed by atoms with E-state index in [1.54, 1.807) is 18.2 Å². The lowest BCUT2D eigenvalue weighted by molar-refractivity contribution is -0.0855. The number of halogens is 2. The number of nitrogens with zero attached hydrogens (tertiary/aromatic N) is 5. The molecule has 4 aliphatic rings. The first-order chi connectivity index (χ1) is 22.2. The van der Waals surface area contributed by atoms with E-state index in [4.69, 9.17) is 0 Å². The summed E-state index contributed by atoms with van der Waals surface area (Å²) in [5, 5.41) is 4.35. The van der Waals surface area contributed by atoms with Gasteiger partial charge < -0.3 is 15.1 Å². The van der Waals surface area contributed by atoms with Gasteiger partial charge >= 0.3 is 0 Å². The number of alkyl halides is 2. The van der Waals surface area contributed by atoms with Gasteiger partial charge in [0, 0.05) is 35.7 Å². The highest BCUT2D eigenvalue weighted by Gasteiger charge is 2.42. The Labute approximate surface area is 272 Å². The van der Waals surface area contributed by atoms with Gasteiger partial charge in [-0.3, -0.25) is 9.36 Å². The molecule has 0 spiro atoms. The van der Waals surface area contributed by atoms with Crippen LogP contribution in [0.3, 0.4) is 0 Å². The van der Waals surface area contributed by atoms with Crippen LogP contribution in [-0.4, -0.2) is 63.1 Å². The van der Waals surface area contributed by atoms with E-state index in [1.807, 2.05) is 23.6 Å². The van der Waals surface area contributed by atoms with Gasteiger partial charge in [-0.25, -0.2) is 18.7 Å². The molecule has 0 aliphatic carbocycles. The number of hydrogen-bond donors (Lipinski definition) is 1. The zero-order valence-corrected chi connectivity index (χ0v) is 28.0. The molecule has 1 N–H and O–H groups in total. The Balaban J connectivity index is 1.35. The van der Waals surface area contributed by atoms with Crippen molar-refractivity contribution in [2.45, 2.75) is 115 Å². The van der Waals surface area contributed by atoms with Crippen LogP contribution in [-0.2, 0) is 12.5 Å². The first-order valence-electron chi connectivity index (χ1n) is 17.8. The lowest BCUT2D eigenvalue weighted by atomic mass is 9.85. The van der Waals surface area contributed by atoms with Crippen molar-refractivity contribution in [3.63, 3.8) is 0 Å². The van der Waals surface area contributed by atoms with Gasteiger partial charge in [-0.1, -0.05) is 43.9 Å². The highest BCUT2D eigenvalue weighted by Crippen LogP contribution is 2.42. The van der Waals surface area contributed by atoms with Crippen molar-refractivity contribution in [1.29, 1.82) is 0 Å². The summed E-state index contributed by atoms with van der Waals surface area (Å²) in [6.45, 7) is 11.5. The summed E-state index contributed by atoms with van der Waals surface area (Å²) in [4.78, 5) is 28.2. The van der Waals surface area contributed by atoms with Gasteiger partial charge in [0.15, 0.2) is 0 Å². The van der Waals surface area contributed by atoms with E-state index in [2.05, 4.69) is 38.9 Å². The van der Waals surface area contributed by atoms with Crippen LogP contribution in [0.5, 0.6) is 0 Å². The first kappa shape index (κ1) is 33.0. The highest BCUT2D eigenvalue weighted by molar-refractivity contribution is 5.87. The molecule has 3 aromatic rings.